The maximum Gasteiger partial charge on any atom is 0.146 e. The lowest BCUT2D eigenvalue weighted by Gasteiger charge is -2.19. The molecule has 1 aromatic rings. The molecular weight excluding hydrogens is 234 g/mol. The van der Waals surface area contributed by atoms with Crippen LogP contribution >= 0.6 is 0 Å². The third kappa shape index (κ3) is 3.19. The highest BCUT2D eigenvalue weighted by molar-refractivity contribution is 5.48. The van der Waals surface area contributed by atoms with Crippen molar-refractivity contribution < 1.29 is 8.78 Å². The van der Waals surface area contributed by atoms with E-state index in [-0.39, 0.29) is 11.6 Å². The summed E-state index contributed by atoms with van der Waals surface area (Å²) in [5, 5.41) is 3.38. The highest BCUT2D eigenvalue weighted by atomic mass is 19.1. The third-order valence-electron chi connectivity index (χ3n) is 3.39. The molecule has 18 heavy (non-hydrogen) atoms. The van der Waals surface area contributed by atoms with Gasteiger partial charge in [-0.15, -0.1) is 0 Å². The molecule has 0 amide bonds. The van der Waals surface area contributed by atoms with Crippen molar-refractivity contribution in [2.75, 3.05) is 31.1 Å². The minimum absolute atomic E-state index is 0.335. The van der Waals surface area contributed by atoms with Crippen molar-refractivity contribution in [1.82, 2.24) is 5.32 Å². The molecule has 1 fully saturated rings. The van der Waals surface area contributed by atoms with Gasteiger partial charge in [-0.05, 0) is 44.0 Å². The van der Waals surface area contributed by atoms with Crippen molar-refractivity contribution in [2.24, 2.45) is 5.92 Å². The predicted octanol–water partition coefficient (Wildman–Crippen LogP) is 2.79. The normalized spacial score (nSPS) is 19.5. The van der Waals surface area contributed by atoms with E-state index >= 15 is 0 Å². The molecule has 0 aromatic heterocycles. The third-order valence-corrected chi connectivity index (χ3v) is 3.39. The summed E-state index contributed by atoms with van der Waals surface area (Å²) in [4.78, 5) is 1.94. The molecule has 0 bridgehead atoms. The Labute approximate surface area is 107 Å². The van der Waals surface area contributed by atoms with Gasteiger partial charge in [-0.25, -0.2) is 8.78 Å². The number of hydrogen-bond donors (Lipinski definition) is 1. The minimum Gasteiger partial charge on any atom is -0.369 e. The van der Waals surface area contributed by atoms with Gasteiger partial charge in [-0.2, -0.15) is 0 Å². The number of nitrogens with one attached hydrogen (secondary N) is 1. The van der Waals surface area contributed by atoms with Gasteiger partial charge in [-0.3, -0.25) is 0 Å². The summed E-state index contributed by atoms with van der Waals surface area (Å²) in [5.41, 5.74) is 0.396. The summed E-state index contributed by atoms with van der Waals surface area (Å²) in [6.45, 7) is 5.72. The first kappa shape index (κ1) is 13.3. The molecule has 1 aromatic carbocycles. The molecule has 0 radical (unpaired) electrons. The van der Waals surface area contributed by atoms with Gasteiger partial charge in [0.15, 0.2) is 0 Å². The van der Waals surface area contributed by atoms with E-state index in [1.807, 2.05) is 4.90 Å². The van der Waals surface area contributed by atoms with Crippen LogP contribution in [0.2, 0.25) is 0 Å². The Morgan fingerprint density at radius 2 is 2.22 bits per heavy atom. The standard InChI is InChI=1S/C14H20F2N2/c1-2-6-17-9-11-5-7-18(10-11)14-8-12(15)3-4-13(14)16/h3-4,8,11,17H,2,5-7,9-10H2,1H3. The van der Waals surface area contributed by atoms with Crippen molar-refractivity contribution >= 4 is 5.69 Å². The number of anilines is 1. The molecule has 0 aliphatic carbocycles. The number of rotatable bonds is 5. The Balaban J connectivity index is 1.93. The van der Waals surface area contributed by atoms with Gasteiger partial charge in [-0.1, -0.05) is 6.92 Å². The molecule has 1 aliphatic rings. The highest BCUT2D eigenvalue weighted by Gasteiger charge is 2.24. The number of hydrogen-bond acceptors (Lipinski definition) is 2. The first-order valence-corrected chi connectivity index (χ1v) is 6.61. The van der Waals surface area contributed by atoms with Gasteiger partial charge < -0.3 is 10.2 Å². The van der Waals surface area contributed by atoms with Crippen LogP contribution in [0.4, 0.5) is 14.5 Å². The fraction of sp³-hybridized carbons (Fsp3) is 0.571. The van der Waals surface area contributed by atoms with E-state index in [1.165, 1.54) is 12.1 Å². The second-order valence-corrected chi connectivity index (χ2v) is 4.90. The Kier molecular flexibility index (Phi) is 4.53. The smallest absolute Gasteiger partial charge is 0.146 e. The van der Waals surface area contributed by atoms with Crippen molar-refractivity contribution in [2.45, 2.75) is 19.8 Å². The molecule has 1 unspecified atom stereocenters. The molecule has 1 atom stereocenters. The largest absolute Gasteiger partial charge is 0.369 e. The van der Waals surface area contributed by atoms with Crippen LogP contribution in [-0.2, 0) is 0 Å². The van der Waals surface area contributed by atoms with E-state index in [4.69, 9.17) is 0 Å². The van der Waals surface area contributed by atoms with Crippen LogP contribution in [0.3, 0.4) is 0 Å². The van der Waals surface area contributed by atoms with Crippen LogP contribution < -0.4 is 10.2 Å². The van der Waals surface area contributed by atoms with Crippen molar-refractivity contribution in [3.63, 3.8) is 0 Å². The molecule has 1 heterocycles. The molecule has 1 N–H and O–H groups in total. The zero-order valence-corrected chi connectivity index (χ0v) is 10.8. The summed E-state index contributed by atoms with van der Waals surface area (Å²) in [6.07, 6.45) is 2.15. The van der Waals surface area contributed by atoms with E-state index in [9.17, 15) is 8.78 Å². The van der Waals surface area contributed by atoms with Gasteiger partial charge in [0.05, 0.1) is 5.69 Å². The van der Waals surface area contributed by atoms with Crippen molar-refractivity contribution in [1.29, 1.82) is 0 Å². The molecule has 1 saturated heterocycles. The van der Waals surface area contributed by atoms with Crippen molar-refractivity contribution in [3.8, 4) is 0 Å². The SMILES string of the molecule is CCCNCC1CCN(c2cc(F)ccc2F)C1. The molecule has 0 spiro atoms. The maximum atomic E-state index is 13.6. The summed E-state index contributed by atoms with van der Waals surface area (Å²) >= 11 is 0. The number of halogens is 2. The van der Waals surface area contributed by atoms with E-state index < -0.39 is 0 Å². The first-order valence-electron chi connectivity index (χ1n) is 6.61. The van der Waals surface area contributed by atoms with E-state index in [1.54, 1.807) is 0 Å². The molecule has 4 heteroatoms. The number of nitrogens with zero attached hydrogens (tertiary/aromatic N) is 1. The quantitative estimate of drug-likeness (QED) is 0.813. The molecule has 2 nitrogen and oxygen atoms in total. The van der Waals surface area contributed by atoms with Crippen LogP contribution in [0.15, 0.2) is 18.2 Å². The number of benzene rings is 1. The molecular formula is C14H20F2N2. The van der Waals surface area contributed by atoms with E-state index in [0.717, 1.165) is 45.1 Å². The topological polar surface area (TPSA) is 15.3 Å². The van der Waals surface area contributed by atoms with Crippen LogP contribution in [0.1, 0.15) is 19.8 Å². The molecule has 100 valence electrons. The van der Waals surface area contributed by atoms with Crippen LogP contribution in [0, 0.1) is 17.6 Å². The second-order valence-electron chi connectivity index (χ2n) is 4.90. The average Bonchev–Trinajstić information content (AvgIpc) is 2.81. The monoisotopic (exact) mass is 254 g/mol. The Morgan fingerprint density at radius 1 is 1.39 bits per heavy atom. The summed E-state index contributed by atoms with van der Waals surface area (Å²) in [7, 11) is 0. The van der Waals surface area contributed by atoms with Gasteiger partial charge in [0.1, 0.15) is 11.6 Å². The minimum atomic E-state index is -0.376. The van der Waals surface area contributed by atoms with E-state index in [2.05, 4.69) is 12.2 Å². The van der Waals surface area contributed by atoms with Gasteiger partial charge in [0.2, 0.25) is 0 Å². The molecule has 0 saturated carbocycles. The average molecular weight is 254 g/mol. The maximum absolute atomic E-state index is 13.6. The first-order chi connectivity index (χ1) is 8.70. The Morgan fingerprint density at radius 3 is 3.00 bits per heavy atom. The molecule has 2 rings (SSSR count). The van der Waals surface area contributed by atoms with Crippen molar-refractivity contribution in [3.05, 3.63) is 29.8 Å². The summed E-state index contributed by atoms with van der Waals surface area (Å²) in [5.74, 6) is -0.184. The van der Waals surface area contributed by atoms with Gasteiger partial charge in [0, 0.05) is 19.2 Å². The highest BCUT2D eigenvalue weighted by Crippen LogP contribution is 2.26. The van der Waals surface area contributed by atoms with Crippen LogP contribution in [0.25, 0.3) is 0 Å². The zero-order chi connectivity index (χ0) is 13.0. The van der Waals surface area contributed by atoms with Crippen LogP contribution in [0.5, 0.6) is 0 Å². The predicted molar refractivity (Wildman–Crippen MR) is 69.8 cm³/mol. The molecule has 1 aliphatic heterocycles. The van der Waals surface area contributed by atoms with Crippen LogP contribution in [-0.4, -0.2) is 26.2 Å². The fourth-order valence-corrected chi connectivity index (χ4v) is 2.43. The lowest BCUT2D eigenvalue weighted by molar-refractivity contribution is 0.515. The summed E-state index contributed by atoms with van der Waals surface area (Å²) < 4.78 is 26.8. The van der Waals surface area contributed by atoms with Gasteiger partial charge >= 0.3 is 0 Å². The Bertz CT molecular complexity index is 395. The lowest BCUT2D eigenvalue weighted by Crippen LogP contribution is -2.27. The summed E-state index contributed by atoms with van der Waals surface area (Å²) in [6, 6.07) is 3.65. The Hall–Kier alpha value is -1.16. The lowest BCUT2D eigenvalue weighted by atomic mass is 10.1. The second kappa shape index (κ2) is 6.14. The van der Waals surface area contributed by atoms with Gasteiger partial charge in [0.25, 0.3) is 0 Å². The zero-order valence-electron chi connectivity index (χ0n) is 10.8. The van der Waals surface area contributed by atoms with E-state index in [0.29, 0.717) is 11.6 Å². The fourth-order valence-electron chi connectivity index (χ4n) is 2.43.